The summed E-state index contributed by atoms with van der Waals surface area (Å²) in [5.41, 5.74) is 3.88. The van der Waals surface area contributed by atoms with E-state index in [0.29, 0.717) is 27.9 Å². The number of anilines is 1. The predicted octanol–water partition coefficient (Wildman–Crippen LogP) is 5.32. The van der Waals surface area contributed by atoms with Gasteiger partial charge in [0.15, 0.2) is 15.9 Å². The molecule has 156 valence electrons. The van der Waals surface area contributed by atoms with Crippen LogP contribution in [0.15, 0.2) is 82.5 Å². The highest BCUT2D eigenvalue weighted by Crippen LogP contribution is 2.30. The molecule has 1 aliphatic rings. The van der Waals surface area contributed by atoms with Gasteiger partial charge in [0.2, 0.25) is 5.91 Å². The minimum atomic E-state index is -0.211. The number of hydrogen-bond acceptors (Lipinski definition) is 6. The van der Waals surface area contributed by atoms with Crippen molar-refractivity contribution in [3.8, 4) is 11.3 Å². The Morgan fingerprint density at radius 1 is 0.844 bits per heavy atom. The number of benzene rings is 3. The predicted molar refractivity (Wildman–Crippen MR) is 127 cm³/mol. The maximum atomic E-state index is 12.8. The number of rotatable bonds is 5. The van der Waals surface area contributed by atoms with Gasteiger partial charge in [-0.25, -0.2) is 4.98 Å². The molecule has 1 N–H and O–H groups in total. The third-order valence-corrected chi connectivity index (χ3v) is 7.11. The van der Waals surface area contributed by atoms with Crippen LogP contribution in [0.5, 0.6) is 0 Å². The van der Waals surface area contributed by atoms with Crippen molar-refractivity contribution in [3.63, 3.8) is 0 Å². The number of carbonyl (C=O) groups is 3. The number of nitrogens with zero attached hydrogens (tertiary/aromatic N) is 1. The van der Waals surface area contributed by atoms with E-state index in [-0.39, 0.29) is 23.2 Å². The third kappa shape index (κ3) is 3.88. The number of nitrogens with one attached hydrogen (secondary N) is 1. The zero-order chi connectivity index (χ0) is 22.1. The molecule has 1 aromatic heterocycles. The molecule has 0 saturated heterocycles. The SMILES string of the molecule is O=C(CSc1nc(-c2ccccc2)cs1)Nc1ccc2c(c1)C(=O)c1ccccc1C2=O. The van der Waals surface area contributed by atoms with E-state index in [9.17, 15) is 14.4 Å². The van der Waals surface area contributed by atoms with E-state index in [4.69, 9.17) is 0 Å². The van der Waals surface area contributed by atoms with E-state index in [1.165, 1.54) is 23.1 Å². The minimum Gasteiger partial charge on any atom is -0.325 e. The molecule has 0 saturated carbocycles. The third-order valence-electron chi connectivity index (χ3n) is 5.09. The lowest BCUT2D eigenvalue weighted by Crippen LogP contribution is -2.21. The molecule has 32 heavy (non-hydrogen) atoms. The van der Waals surface area contributed by atoms with Crippen LogP contribution in [0.4, 0.5) is 5.69 Å². The summed E-state index contributed by atoms with van der Waals surface area (Å²) in [6.07, 6.45) is 0. The summed E-state index contributed by atoms with van der Waals surface area (Å²) >= 11 is 2.85. The zero-order valence-electron chi connectivity index (χ0n) is 16.7. The highest BCUT2D eigenvalue weighted by molar-refractivity contribution is 8.01. The molecule has 3 aromatic carbocycles. The van der Waals surface area contributed by atoms with Gasteiger partial charge in [0, 0.05) is 38.9 Å². The molecule has 0 aliphatic heterocycles. The molecular formula is C25H16N2O3S2. The molecule has 0 radical (unpaired) electrons. The lowest BCUT2D eigenvalue weighted by molar-refractivity contribution is -0.113. The fourth-order valence-electron chi connectivity index (χ4n) is 3.57. The molecule has 7 heteroatoms. The Labute approximate surface area is 192 Å². The standard InChI is InChI=1S/C25H16N2O3S2/c28-22(14-32-25-27-21(13-31-25)15-6-2-1-3-7-15)26-16-10-11-19-20(12-16)24(30)18-9-5-4-8-17(18)23(19)29/h1-13H,14H2,(H,26,28). The van der Waals surface area contributed by atoms with E-state index >= 15 is 0 Å². The Balaban J connectivity index is 1.26. The van der Waals surface area contributed by atoms with Crippen LogP contribution in [-0.4, -0.2) is 28.2 Å². The van der Waals surface area contributed by atoms with E-state index in [1.807, 2.05) is 35.7 Å². The highest BCUT2D eigenvalue weighted by Gasteiger charge is 2.29. The van der Waals surface area contributed by atoms with Gasteiger partial charge < -0.3 is 5.32 Å². The summed E-state index contributed by atoms with van der Waals surface area (Å²) in [6, 6.07) is 21.5. The molecule has 5 nitrogen and oxygen atoms in total. The number of amides is 1. The first-order chi connectivity index (χ1) is 15.6. The van der Waals surface area contributed by atoms with Crippen LogP contribution in [0.25, 0.3) is 11.3 Å². The normalized spacial score (nSPS) is 12.2. The first kappa shape index (κ1) is 20.4. The van der Waals surface area contributed by atoms with Crippen LogP contribution in [0, 0.1) is 0 Å². The second-order valence-corrected chi connectivity index (χ2v) is 9.25. The second kappa shape index (κ2) is 8.53. The Morgan fingerprint density at radius 2 is 1.50 bits per heavy atom. The van der Waals surface area contributed by atoms with Crippen molar-refractivity contribution in [2.24, 2.45) is 0 Å². The van der Waals surface area contributed by atoms with Crippen LogP contribution in [0.3, 0.4) is 0 Å². The van der Waals surface area contributed by atoms with Gasteiger partial charge in [-0.15, -0.1) is 11.3 Å². The van der Waals surface area contributed by atoms with Crippen molar-refractivity contribution < 1.29 is 14.4 Å². The topological polar surface area (TPSA) is 76.1 Å². The fraction of sp³-hybridized carbons (Fsp3) is 0.0400. The van der Waals surface area contributed by atoms with Gasteiger partial charge in [-0.2, -0.15) is 0 Å². The molecule has 0 spiro atoms. The van der Waals surface area contributed by atoms with Crippen molar-refractivity contribution in [2.45, 2.75) is 4.34 Å². The monoisotopic (exact) mass is 456 g/mol. The van der Waals surface area contributed by atoms with Crippen molar-refractivity contribution in [3.05, 3.63) is 100 Å². The van der Waals surface area contributed by atoms with Gasteiger partial charge >= 0.3 is 0 Å². The molecule has 0 unspecified atom stereocenters. The average molecular weight is 457 g/mol. The van der Waals surface area contributed by atoms with Crippen molar-refractivity contribution in [1.29, 1.82) is 0 Å². The van der Waals surface area contributed by atoms with Crippen LogP contribution >= 0.6 is 23.1 Å². The van der Waals surface area contributed by atoms with Gasteiger partial charge in [-0.05, 0) is 18.2 Å². The Kier molecular flexibility index (Phi) is 5.43. The van der Waals surface area contributed by atoms with E-state index in [2.05, 4.69) is 10.3 Å². The van der Waals surface area contributed by atoms with Gasteiger partial charge in [0.25, 0.3) is 0 Å². The lowest BCUT2D eigenvalue weighted by atomic mass is 9.84. The van der Waals surface area contributed by atoms with Gasteiger partial charge in [0.05, 0.1) is 11.4 Å². The van der Waals surface area contributed by atoms with Crippen LogP contribution in [-0.2, 0) is 4.79 Å². The van der Waals surface area contributed by atoms with Crippen molar-refractivity contribution in [1.82, 2.24) is 4.98 Å². The van der Waals surface area contributed by atoms with Crippen molar-refractivity contribution >= 4 is 46.3 Å². The molecule has 0 bridgehead atoms. The Bertz CT molecular complexity index is 1360. The van der Waals surface area contributed by atoms with E-state index < -0.39 is 0 Å². The molecule has 0 atom stereocenters. The van der Waals surface area contributed by atoms with Crippen LogP contribution in [0.1, 0.15) is 31.8 Å². The van der Waals surface area contributed by atoms with E-state index in [0.717, 1.165) is 15.6 Å². The second-order valence-electron chi connectivity index (χ2n) is 7.17. The molecule has 4 aromatic rings. The molecule has 1 heterocycles. The molecule has 1 amide bonds. The van der Waals surface area contributed by atoms with Crippen LogP contribution < -0.4 is 5.32 Å². The number of thiazole rings is 1. The summed E-state index contributed by atoms with van der Waals surface area (Å²) in [5.74, 6) is -0.408. The van der Waals surface area contributed by atoms with Gasteiger partial charge in [0.1, 0.15) is 0 Å². The van der Waals surface area contributed by atoms with E-state index in [1.54, 1.807) is 42.5 Å². The summed E-state index contributed by atoms with van der Waals surface area (Å²) in [5, 5.41) is 4.79. The minimum absolute atomic E-state index is 0.179. The first-order valence-corrected chi connectivity index (χ1v) is 11.7. The molecular weight excluding hydrogens is 440 g/mol. The largest absolute Gasteiger partial charge is 0.325 e. The maximum Gasteiger partial charge on any atom is 0.234 e. The molecule has 0 fully saturated rings. The smallest absolute Gasteiger partial charge is 0.234 e. The number of hydrogen-bond donors (Lipinski definition) is 1. The number of carbonyl (C=O) groups excluding carboxylic acids is 3. The number of thioether (sulfide) groups is 1. The highest BCUT2D eigenvalue weighted by atomic mass is 32.2. The summed E-state index contributed by atoms with van der Waals surface area (Å²) in [7, 11) is 0. The molecule has 5 rings (SSSR count). The quantitative estimate of drug-likeness (QED) is 0.363. The summed E-state index contributed by atoms with van der Waals surface area (Å²) in [6.45, 7) is 0. The van der Waals surface area contributed by atoms with Gasteiger partial charge in [-0.1, -0.05) is 66.4 Å². The summed E-state index contributed by atoms with van der Waals surface area (Å²) < 4.78 is 0.807. The maximum absolute atomic E-state index is 12.8. The number of aromatic nitrogens is 1. The number of fused-ring (bicyclic) bond motifs is 2. The zero-order valence-corrected chi connectivity index (χ0v) is 18.3. The van der Waals surface area contributed by atoms with Crippen LogP contribution in [0.2, 0.25) is 0 Å². The Hall–Kier alpha value is -3.55. The first-order valence-electron chi connectivity index (χ1n) is 9.86. The Morgan fingerprint density at radius 3 is 2.25 bits per heavy atom. The number of ketones is 2. The fourth-order valence-corrected chi connectivity index (χ4v) is 5.20. The van der Waals surface area contributed by atoms with Crippen molar-refractivity contribution in [2.75, 3.05) is 11.1 Å². The average Bonchev–Trinajstić information content (AvgIpc) is 3.31. The molecule has 1 aliphatic carbocycles. The summed E-state index contributed by atoms with van der Waals surface area (Å²) in [4.78, 5) is 42.6. The lowest BCUT2D eigenvalue weighted by Gasteiger charge is -2.18. The van der Waals surface area contributed by atoms with Gasteiger partial charge in [-0.3, -0.25) is 14.4 Å².